The van der Waals surface area contributed by atoms with Gasteiger partial charge in [-0.05, 0) is 12.1 Å². The summed E-state index contributed by atoms with van der Waals surface area (Å²) in [5, 5.41) is 0. The number of benzene rings is 2. The minimum Gasteiger partial charge on any atom is -0.232 e. The third-order valence-corrected chi connectivity index (χ3v) is 4.24. The van der Waals surface area contributed by atoms with E-state index in [-0.39, 0.29) is 11.4 Å². The minimum absolute atomic E-state index is 0.00567. The largest absolute Gasteiger partial charge is 0.417 e. The van der Waals surface area contributed by atoms with Crippen LogP contribution in [0.15, 0.2) is 60.7 Å². The van der Waals surface area contributed by atoms with Crippen LogP contribution in [-0.4, -0.2) is 9.97 Å². The number of alkyl halides is 4. The van der Waals surface area contributed by atoms with Gasteiger partial charge in [0.25, 0.3) is 0 Å². The smallest absolute Gasteiger partial charge is 0.232 e. The van der Waals surface area contributed by atoms with Gasteiger partial charge in [-0.25, -0.2) is 9.97 Å². The molecule has 1 heterocycles. The van der Waals surface area contributed by atoms with Crippen molar-refractivity contribution >= 4 is 22.6 Å². The summed E-state index contributed by atoms with van der Waals surface area (Å²) < 4.78 is 40.4. The van der Waals surface area contributed by atoms with Crippen LogP contribution in [0, 0.1) is 0 Å². The quantitative estimate of drug-likeness (QED) is 0.382. The number of rotatable bonds is 3. The second-order valence-electron chi connectivity index (χ2n) is 5.11. The van der Waals surface area contributed by atoms with Gasteiger partial charge in [-0.3, -0.25) is 0 Å². The molecule has 1 aromatic heterocycles. The molecule has 2 nitrogen and oxygen atoms in total. The van der Waals surface area contributed by atoms with Gasteiger partial charge in [-0.1, -0.05) is 71.1 Å². The van der Waals surface area contributed by atoms with Gasteiger partial charge >= 0.3 is 6.18 Å². The van der Waals surface area contributed by atoms with Gasteiger partial charge in [0.15, 0.2) is 5.82 Å². The molecule has 0 unspecified atom stereocenters. The van der Waals surface area contributed by atoms with Gasteiger partial charge in [0, 0.05) is 15.6 Å². The zero-order chi connectivity index (χ0) is 17.2. The van der Waals surface area contributed by atoms with E-state index in [0.717, 1.165) is 11.6 Å². The SMILES string of the molecule is FC(F)(F)c1ccccc1-c1nc(CI)cc(-c2ccccc2)n1. The van der Waals surface area contributed by atoms with E-state index in [4.69, 9.17) is 0 Å². The molecule has 0 fully saturated rings. The Morgan fingerprint density at radius 3 is 2.21 bits per heavy atom. The predicted molar refractivity (Wildman–Crippen MR) is 95.6 cm³/mol. The van der Waals surface area contributed by atoms with E-state index in [9.17, 15) is 13.2 Å². The van der Waals surface area contributed by atoms with Crippen LogP contribution in [0.5, 0.6) is 0 Å². The maximum Gasteiger partial charge on any atom is 0.417 e. The molecule has 0 bridgehead atoms. The monoisotopic (exact) mass is 440 g/mol. The molecule has 24 heavy (non-hydrogen) atoms. The topological polar surface area (TPSA) is 25.8 Å². The van der Waals surface area contributed by atoms with Crippen molar-refractivity contribution in [2.24, 2.45) is 0 Å². The molecule has 0 saturated carbocycles. The molecule has 3 aromatic rings. The summed E-state index contributed by atoms with van der Waals surface area (Å²) in [6.45, 7) is 0. The van der Waals surface area contributed by atoms with Crippen molar-refractivity contribution in [3.8, 4) is 22.6 Å². The Morgan fingerprint density at radius 1 is 0.875 bits per heavy atom. The van der Waals surface area contributed by atoms with Crippen LogP contribution >= 0.6 is 22.6 Å². The lowest BCUT2D eigenvalue weighted by molar-refractivity contribution is -0.137. The summed E-state index contributed by atoms with van der Waals surface area (Å²) in [4.78, 5) is 8.68. The number of nitrogens with zero attached hydrogens (tertiary/aromatic N) is 2. The van der Waals surface area contributed by atoms with Crippen molar-refractivity contribution in [1.29, 1.82) is 0 Å². The number of halogens is 4. The number of hydrogen-bond acceptors (Lipinski definition) is 2. The molecule has 0 amide bonds. The zero-order valence-corrected chi connectivity index (χ0v) is 14.5. The highest BCUT2D eigenvalue weighted by Crippen LogP contribution is 2.36. The molecule has 0 N–H and O–H groups in total. The van der Waals surface area contributed by atoms with Crippen LogP contribution in [0.2, 0.25) is 0 Å². The van der Waals surface area contributed by atoms with Gasteiger partial charge in [0.05, 0.1) is 17.0 Å². The van der Waals surface area contributed by atoms with Gasteiger partial charge in [-0.2, -0.15) is 13.2 Å². The Kier molecular flexibility index (Phi) is 4.84. The van der Waals surface area contributed by atoms with Gasteiger partial charge in [0.1, 0.15) is 0 Å². The van der Waals surface area contributed by atoms with Crippen LogP contribution in [0.3, 0.4) is 0 Å². The van der Waals surface area contributed by atoms with Crippen molar-refractivity contribution in [3.05, 3.63) is 71.9 Å². The molecule has 0 aliphatic rings. The molecule has 0 spiro atoms. The fourth-order valence-electron chi connectivity index (χ4n) is 2.37. The first-order chi connectivity index (χ1) is 11.5. The minimum atomic E-state index is -4.45. The first-order valence-corrected chi connectivity index (χ1v) is 8.67. The van der Waals surface area contributed by atoms with E-state index in [1.54, 1.807) is 6.07 Å². The summed E-state index contributed by atoms with van der Waals surface area (Å²) >= 11 is 2.14. The molecule has 0 radical (unpaired) electrons. The molecule has 0 atom stereocenters. The average molecular weight is 440 g/mol. The van der Waals surface area contributed by atoms with Gasteiger partial charge in [-0.15, -0.1) is 0 Å². The number of hydrogen-bond donors (Lipinski definition) is 0. The molecule has 0 aliphatic carbocycles. The Bertz CT molecular complexity index is 848. The normalized spacial score (nSPS) is 11.5. The van der Waals surface area contributed by atoms with Crippen molar-refractivity contribution in [2.75, 3.05) is 0 Å². The lowest BCUT2D eigenvalue weighted by atomic mass is 10.1. The molecule has 0 aliphatic heterocycles. The summed E-state index contributed by atoms with van der Waals surface area (Å²) in [5.41, 5.74) is 1.42. The fourth-order valence-corrected chi connectivity index (χ4v) is 2.76. The first kappa shape index (κ1) is 16.9. The number of aromatic nitrogens is 2. The lowest BCUT2D eigenvalue weighted by Crippen LogP contribution is -2.08. The fraction of sp³-hybridized carbons (Fsp3) is 0.111. The van der Waals surface area contributed by atoms with E-state index in [2.05, 4.69) is 32.6 Å². The van der Waals surface area contributed by atoms with Crippen LogP contribution in [-0.2, 0) is 10.6 Å². The Balaban J connectivity index is 2.20. The summed E-state index contributed by atoms with van der Waals surface area (Å²) in [6.07, 6.45) is -4.45. The summed E-state index contributed by atoms with van der Waals surface area (Å²) in [6, 6.07) is 16.6. The van der Waals surface area contributed by atoms with E-state index in [1.165, 1.54) is 12.1 Å². The van der Waals surface area contributed by atoms with Crippen LogP contribution in [0.4, 0.5) is 13.2 Å². The molecular formula is C18H12F3IN2. The van der Waals surface area contributed by atoms with Crippen molar-refractivity contribution in [2.45, 2.75) is 10.6 Å². The maximum absolute atomic E-state index is 13.3. The Hall–Kier alpha value is -1.96. The van der Waals surface area contributed by atoms with Crippen LogP contribution in [0.25, 0.3) is 22.6 Å². The molecule has 3 rings (SSSR count). The second kappa shape index (κ2) is 6.88. The highest BCUT2D eigenvalue weighted by Gasteiger charge is 2.34. The molecule has 6 heteroatoms. The average Bonchev–Trinajstić information content (AvgIpc) is 2.61. The summed E-state index contributed by atoms with van der Waals surface area (Å²) in [5.74, 6) is 0.0935. The van der Waals surface area contributed by atoms with E-state index in [0.29, 0.717) is 15.8 Å². The zero-order valence-electron chi connectivity index (χ0n) is 12.4. The predicted octanol–water partition coefficient (Wildman–Crippen LogP) is 5.76. The van der Waals surface area contributed by atoms with Crippen LogP contribution in [0.1, 0.15) is 11.3 Å². The van der Waals surface area contributed by atoms with E-state index < -0.39 is 11.7 Å². The van der Waals surface area contributed by atoms with Gasteiger partial charge in [0.2, 0.25) is 0 Å². The highest BCUT2D eigenvalue weighted by molar-refractivity contribution is 14.1. The molecular weight excluding hydrogens is 428 g/mol. The Morgan fingerprint density at radius 2 is 1.54 bits per heavy atom. The molecule has 122 valence electrons. The van der Waals surface area contributed by atoms with Crippen molar-refractivity contribution < 1.29 is 13.2 Å². The standard InChI is InChI=1S/C18H12F3IN2/c19-18(20,21)15-9-5-4-8-14(15)17-23-13(11-22)10-16(24-17)12-6-2-1-3-7-12/h1-10H,11H2. The van der Waals surface area contributed by atoms with Crippen molar-refractivity contribution in [1.82, 2.24) is 9.97 Å². The second-order valence-corrected chi connectivity index (χ2v) is 5.87. The summed E-state index contributed by atoms with van der Waals surface area (Å²) in [7, 11) is 0. The van der Waals surface area contributed by atoms with Crippen LogP contribution < -0.4 is 0 Å². The highest BCUT2D eigenvalue weighted by atomic mass is 127. The van der Waals surface area contributed by atoms with Crippen molar-refractivity contribution in [3.63, 3.8) is 0 Å². The molecule has 0 saturated heterocycles. The third kappa shape index (κ3) is 3.58. The van der Waals surface area contributed by atoms with E-state index in [1.807, 2.05) is 36.4 Å². The third-order valence-electron chi connectivity index (χ3n) is 3.46. The first-order valence-electron chi connectivity index (χ1n) is 7.15. The maximum atomic E-state index is 13.3. The van der Waals surface area contributed by atoms with E-state index >= 15 is 0 Å². The van der Waals surface area contributed by atoms with Gasteiger partial charge < -0.3 is 0 Å². The molecule has 2 aromatic carbocycles. The Labute approximate surface area is 150 Å². The lowest BCUT2D eigenvalue weighted by Gasteiger charge is -2.13.